The van der Waals surface area contributed by atoms with Crippen molar-refractivity contribution in [3.8, 4) is 0 Å². The number of carbonyl (C=O) groups is 1. The van der Waals surface area contributed by atoms with Gasteiger partial charge in [0.05, 0.1) is 5.88 Å². The summed E-state index contributed by atoms with van der Waals surface area (Å²) in [6, 6.07) is 0. The number of ether oxygens (including phenoxy) is 1. The second-order valence-corrected chi connectivity index (χ2v) is 4.77. The molecule has 2 fully saturated rings. The van der Waals surface area contributed by atoms with Crippen molar-refractivity contribution < 1.29 is 9.53 Å². The predicted octanol–water partition coefficient (Wildman–Crippen LogP) is 2.88. The van der Waals surface area contributed by atoms with Gasteiger partial charge in [-0.25, -0.2) is 0 Å². The lowest BCUT2D eigenvalue weighted by Crippen LogP contribution is -2.40. The van der Waals surface area contributed by atoms with Gasteiger partial charge in [-0.05, 0) is 25.2 Å². The van der Waals surface area contributed by atoms with Gasteiger partial charge >= 0.3 is 5.97 Å². The highest BCUT2D eigenvalue weighted by Gasteiger charge is 2.46. The molecule has 0 aromatic carbocycles. The number of carbonyl (C=O) groups excluding carboxylic acids is 1. The van der Waals surface area contributed by atoms with Crippen molar-refractivity contribution in [2.75, 3.05) is 5.88 Å². The molecule has 14 heavy (non-hydrogen) atoms. The summed E-state index contributed by atoms with van der Waals surface area (Å²) in [7, 11) is 0. The number of hydrogen-bond donors (Lipinski definition) is 0. The zero-order chi connectivity index (χ0) is 10.0. The van der Waals surface area contributed by atoms with Crippen LogP contribution in [-0.2, 0) is 9.53 Å². The van der Waals surface area contributed by atoms with Crippen molar-refractivity contribution in [1.82, 2.24) is 0 Å². The zero-order valence-corrected chi connectivity index (χ0v) is 9.18. The maximum absolute atomic E-state index is 11.2. The number of alkyl halides is 1. The predicted molar refractivity (Wildman–Crippen MR) is 55.4 cm³/mol. The molecule has 2 nitrogen and oxygen atoms in total. The summed E-state index contributed by atoms with van der Waals surface area (Å²) in [6.07, 6.45) is 7.60. The Morgan fingerprint density at radius 1 is 1.36 bits per heavy atom. The molecule has 3 heteroatoms. The maximum atomic E-state index is 11.2. The highest BCUT2D eigenvalue weighted by molar-refractivity contribution is 6.18. The molecule has 0 aromatic rings. The van der Waals surface area contributed by atoms with Crippen LogP contribution in [0, 0.1) is 5.92 Å². The monoisotopic (exact) mass is 216 g/mol. The van der Waals surface area contributed by atoms with Crippen molar-refractivity contribution in [3.63, 3.8) is 0 Å². The number of hydrogen-bond acceptors (Lipinski definition) is 2. The molecule has 1 aliphatic carbocycles. The van der Waals surface area contributed by atoms with E-state index in [1.54, 1.807) is 0 Å². The molecule has 0 bridgehead atoms. The van der Waals surface area contributed by atoms with Gasteiger partial charge < -0.3 is 4.74 Å². The molecule has 0 spiro atoms. The van der Waals surface area contributed by atoms with E-state index in [9.17, 15) is 4.79 Å². The molecule has 1 saturated heterocycles. The molecule has 2 rings (SSSR count). The molecular weight excluding hydrogens is 200 g/mol. The molecule has 80 valence electrons. The smallest absolute Gasteiger partial charge is 0.306 e. The van der Waals surface area contributed by atoms with E-state index < -0.39 is 0 Å². The molecule has 1 saturated carbocycles. The van der Waals surface area contributed by atoms with E-state index in [-0.39, 0.29) is 11.6 Å². The normalized spacial score (nSPS) is 34.5. The van der Waals surface area contributed by atoms with Gasteiger partial charge in [0.2, 0.25) is 0 Å². The fourth-order valence-electron chi connectivity index (χ4n) is 2.76. The van der Waals surface area contributed by atoms with E-state index in [1.807, 2.05) is 0 Å². The van der Waals surface area contributed by atoms with Gasteiger partial charge in [0.1, 0.15) is 5.60 Å². The molecule has 2 aliphatic rings. The van der Waals surface area contributed by atoms with E-state index in [0.29, 0.717) is 18.2 Å². The lowest BCUT2D eigenvalue weighted by Gasteiger charge is -2.36. The van der Waals surface area contributed by atoms with Crippen molar-refractivity contribution >= 4 is 17.6 Å². The summed E-state index contributed by atoms with van der Waals surface area (Å²) in [5.74, 6) is 0.931. The summed E-state index contributed by atoms with van der Waals surface area (Å²) in [5, 5.41) is 0. The quantitative estimate of drug-likeness (QED) is 0.524. The summed E-state index contributed by atoms with van der Waals surface area (Å²) < 4.78 is 5.47. The van der Waals surface area contributed by atoms with Crippen LogP contribution >= 0.6 is 11.6 Å². The van der Waals surface area contributed by atoms with Crippen LogP contribution in [0.15, 0.2) is 0 Å². The van der Waals surface area contributed by atoms with E-state index in [1.165, 1.54) is 32.1 Å². The molecule has 1 aliphatic heterocycles. The summed E-state index contributed by atoms with van der Waals surface area (Å²) in [4.78, 5) is 11.2. The molecule has 0 amide bonds. The van der Waals surface area contributed by atoms with E-state index in [2.05, 4.69) is 0 Å². The number of esters is 1. The fourth-order valence-corrected chi connectivity index (χ4v) is 3.17. The third-order valence-electron chi connectivity index (χ3n) is 3.64. The number of halogens is 1. The Balaban J connectivity index is 2.06. The number of rotatable bonds is 2. The highest BCUT2D eigenvalue weighted by atomic mass is 35.5. The molecule has 1 atom stereocenters. The van der Waals surface area contributed by atoms with Crippen LogP contribution in [-0.4, -0.2) is 17.5 Å². The Labute approximate surface area is 90.0 Å². The first-order valence-electron chi connectivity index (χ1n) is 5.55. The largest absolute Gasteiger partial charge is 0.457 e. The van der Waals surface area contributed by atoms with Gasteiger partial charge in [-0.1, -0.05) is 19.3 Å². The van der Waals surface area contributed by atoms with Gasteiger partial charge in [0, 0.05) is 6.42 Å². The van der Waals surface area contributed by atoms with Crippen molar-refractivity contribution in [2.24, 2.45) is 5.92 Å². The van der Waals surface area contributed by atoms with Crippen LogP contribution in [0.5, 0.6) is 0 Å². The van der Waals surface area contributed by atoms with Crippen LogP contribution in [0.4, 0.5) is 0 Å². The Bertz CT molecular complexity index is 223. The minimum absolute atomic E-state index is 0.0591. The average Bonchev–Trinajstić information content (AvgIpc) is 2.63. The van der Waals surface area contributed by atoms with E-state index >= 15 is 0 Å². The van der Waals surface area contributed by atoms with Crippen molar-refractivity contribution in [1.29, 1.82) is 0 Å². The molecule has 0 N–H and O–H groups in total. The highest BCUT2D eigenvalue weighted by Crippen LogP contribution is 2.42. The average molecular weight is 217 g/mol. The van der Waals surface area contributed by atoms with Gasteiger partial charge in [-0.15, -0.1) is 11.6 Å². The lowest BCUT2D eigenvalue weighted by molar-refractivity contribution is -0.151. The number of cyclic esters (lactones) is 1. The van der Waals surface area contributed by atoms with Gasteiger partial charge in [0.25, 0.3) is 0 Å². The summed E-state index contributed by atoms with van der Waals surface area (Å²) in [5.41, 5.74) is -0.306. The van der Waals surface area contributed by atoms with E-state index in [4.69, 9.17) is 16.3 Å². The van der Waals surface area contributed by atoms with Crippen LogP contribution in [0.2, 0.25) is 0 Å². The van der Waals surface area contributed by atoms with Gasteiger partial charge in [-0.3, -0.25) is 4.79 Å². The molecule has 0 aromatic heterocycles. The van der Waals surface area contributed by atoms with Crippen molar-refractivity contribution in [2.45, 2.75) is 50.5 Å². The van der Waals surface area contributed by atoms with E-state index in [0.717, 1.165) is 6.42 Å². The van der Waals surface area contributed by atoms with Crippen LogP contribution in [0.1, 0.15) is 44.9 Å². The second kappa shape index (κ2) is 4.09. The Morgan fingerprint density at radius 3 is 2.57 bits per heavy atom. The first kappa shape index (κ1) is 10.3. The molecular formula is C11H17ClO2. The molecule has 1 unspecified atom stereocenters. The molecule has 1 heterocycles. The minimum atomic E-state index is -0.306. The Kier molecular flexibility index (Phi) is 3.01. The van der Waals surface area contributed by atoms with Crippen LogP contribution in [0.3, 0.4) is 0 Å². The Hall–Kier alpha value is -0.240. The third-order valence-corrected chi connectivity index (χ3v) is 4.10. The van der Waals surface area contributed by atoms with Gasteiger partial charge in [0.15, 0.2) is 0 Å². The third kappa shape index (κ3) is 1.77. The minimum Gasteiger partial charge on any atom is -0.457 e. The first-order chi connectivity index (χ1) is 6.77. The summed E-state index contributed by atoms with van der Waals surface area (Å²) in [6.45, 7) is 0. The van der Waals surface area contributed by atoms with Gasteiger partial charge in [-0.2, -0.15) is 0 Å². The standard InChI is InChI=1S/C11H17ClO2/c12-8-11(7-6-10(13)14-11)9-4-2-1-3-5-9/h9H,1-8H2. The molecule has 0 radical (unpaired) electrons. The Morgan fingerprint density at radius 2 is 2.07 bits per heavy atom. The lowest BCUT2D eigenvalue weighted by atomic mass is 9.76. The maximum Gasteiger partial charge on any atom is 0.306 e. The summed E-state index contributed by atoms with van der Waals surface area (Å²) >= 11 is 5.99. The zero-order valence-electron chi connectivity index (χ0n) is 8.43. The van der Waals surface area contributed by atoms with Crippen LogP contribution < -0.4 is 0 Å². The second-order valence-electron chi connectivity index (χ2n) is 4.51. The topological polar surface area (TPSA) is 26.3 Å². The van der Waals surface area contributed by atoms with Crippen LogP contribution in [0.25, 0.3) is 0 Å². The first-order valence-corrected chi connectivity index (χ1v) is 6.08. The van der Waals surface area contributed by atoms with Crippen molar-refractivity contribution in [3.05, 3.63) is 0 Å². The fraction of sp³-hybridized carbons (Fsp3) is 0.909. The SMILES string of the molecule is O=C1CCC(CCl)(C2CCCCC2)O1.